The van der Waals surface area contributed by atoms with Gasteiger partial charge in [-0.3, -0.25) is 0 Å². The standard InChI is InChI=1S/C15H22O3.C8H8O3.Zr/c1-2-3-4-5-6-7-8-12-9-10-14(16)13(11-12)15(17)18;1-5-2-3-7(9)6(4-5)8(10)11;/h9-11,16H,2-8H2,1H3,(H,17,18);2-4,9H,1H3,(H,10,11);. The van der Waals surface area contributed by atoms with E-state index < -0.39 is 11.9 Å². The van der Waals surface area contributed by atoms with Crippen molar-refractivity contribution in [1.29, 1.82) is 0 Å². The molecule has 162 valence electrons. The minimum atomic E-state index is -1.11. The first-order valence-corrected chi connectivity index (χ1v) is 9.84. The van der Waals surface area contributed by atoms with Crippen LogP contribution in [0.4, 0.5) is 0 Å². The summed E-state index contributed by atoms with van der Waals surface area (Å²) in [5.41, 5.74) is 1.75. The third kappa shape index (κ3) is 10.1. The Bertz CT molecular complexity index is 819. The van der Waals surface area contributed by atoms with Crippen molar-refractivity contribution in [3.05, 3.63) is 58.7 Å². The van der Waals surface area contributed by atoms with Crippen LogP contribution in [0.15, 0.2) is 36.4 Å². The SMILES string of the molecule is CCCCCCCCc1ccc(O)c(C(=O)O)c1.Cc1ccc(O)c(C(=O)O)c1.[Zr]. The van der Waals surface area contributed by atoms with Crippen LogP contribution in [-0.2, 0) is 32.6 Å². The van der Waals surface area contributed by atoms with Crippen LogP contribution < -0.4 is 0 Å². The molecule has 0 amide bonds. The van der Waals surface area contributed by atoms with Crippen LogP contribution >= 0.6 is 0 Å². The fraction of sp³-hybridized carbons (Fsp3) is 0.391. The molecule has 6 nitrogen and oxygen atoms in total. The van der Waals surface area contributed by atoms with Gasteiger partial charge in [-0.25, -0.2) is 9.59 Å². The molecule has 0 unspecified atom stereocenters. The second kappa shape index (κ2) is 14.8. The Morgan fingerprint density at radius 2 is 1.27 bits per heavy atom. The molecular weight excluding hydrogens is 463 g/mol. The second-order valence-electron chi connectivity index (χ2n) is 7.00. The molecule has 30 heavy (non-hydrogen) atoms. The third-order valence-electron chi connectivity index (χ3n) is 4.49. The van der Waals surface area contributed by atoms with E-state index in [1.165, 1.54) is 50.3 Å². The number of hydrogen-bond donors (Lipinski definition) is 4. The number of rotatable bonds is 9. The predicted molar refractivity (Wildman–Crippen MR) is 112 cm³/mol. The molecule has 0 fully saturated rings. The zero-order valence-electron chi connectivity index (χ0n) is 17.5. The van der Waals surface area contributed by atoms with E-state index >= 15 is 0 Å². The van der Waals surface area contributed by atoms with E-state index in [4.69, 9.17) is 15.3 Å². The summed E-state index contributed by atoms with van der Waals surface area (Å²) in [5, 5.41) is 35.8. The maximum atomic E-state index is 10.9. The van der Waals surface area contributed by atoms with Crippen LogP contribution in [0.5, 0.6) is 11.5 Å². The molecule has 0 atom stereocenters. The number of aromatic carboxylic acids is 2. The molecule has 0 saturated carbocycles. The van der Waals surface area contributed by atoms with Crippen LogP contribution in [0.2, 0.25) is 0 Å². The number of phenols is 2. The number of aromatic hydroxyl groups is 2. The second-order valence-corrected chi connectivity index (χ2v) is 7.00. The molecule has 2 aromatic rings. The van der Waals surface area contributed by atoms with E-state index in [1.54, 1.807) is 25.1 Å². The number of carbonyl (C=O) groups is 2. The Hall–Kier alpha value is -2.14. The normalized spacial score (nSPS) is 9.80. The zero-order chi connectivity index (χ0) is 21.8. The van der Waals surface area contributed by atoms with Gasteiger partial charge in [0, 0.05) is 26.2 Å². The smallest absolute Gasteiger partial charge is 0.339 e. The molecule has 0 heterocycles. The van der Waals surface area contributed by atoms with Gasteiger partial charge in [0.2, 0.25) is 0 Å². The monoisotopic (exact) mass is 492 g/mol. The molecule has 0 aliphatic carbocycles. The molecule has 0 aromatic heterocycles. The minimum absolute atomic E-state index is 0. The quantitative estimate of drug-likeness (QED) is 0.348. The van der Waals surface area contributed by atoms with Gasteiger partial charge in [0.25, 0.3) is 0 Å². The van der Waals surface area contributed by atoms with Crippen molar-refractivity contribution >= 4 is 11.9 Å². The number of hydrogen-bond acceptors (Lipinski definition) is 4. The summed E-state index contributed by atoms with van der Waals surface area (Å²) in [7, 11) is 0. The molecule has 2 rings (SSSR count). The van der Waals surface area contributed by atoms with Gasteiger partial charge in [-0.15, -0.1) is 0 Å². The largest absolute Gasteiger partial charge is 0.507 e. The van der Waals surface area contributed by atoms with Crippen LogP contribution in [0.3, 0.4) is 0 Å². The number of unbranched alkanes of at least 4 members (excludes halogenated alkanes) is 5. The van der Waals surface area contributed by atoms with Crippen molar-refractivity contribution in [2.24, 2.45) is 0 Å². The zero-order valence-corrected chi connectivity index (χ0v) is 20.0. The molecule has 4 N–H and O–H groups in total. The van der Waals surface area contributed by atoms with E-state index in [0.29, 0.717) is 0 Å². The van der Waals surface area contributed by atoms with E-state index in [0.717, 1.165) is 24.0 Å². The number of carboxylic acids is 2. The maximum Gasteiger partial charge on any atom is 0.339 e. The van der Waals surface area contributed by atoms with Gasteiger partial charge in [-0.05, 0) is 49.6 Å². The first-order chi connectivity index (χ1) is 13.8. The summed E-state index contributed by atoms with van der Waals surface area (Å²) in [6.07, 6.45) is 8.22. The summed E-state index contributed by atoms with van der Waals surface area (Å²) >= 11 is 0. The van der Waals surface area contributed by atoms with Crippen molar-refractivity contribution in [1.82, 2.24) is 0 Å². The molecule has 2 aromatic carbocycles. The predicted octanol–water partition coefficient (Wildman–Crippen LogP) is 5.39. The summed E-state index contributed by atoms with van der Waals surface area (Å²) < 4.78 is 0. The molecule has 0 saturated heterocycles. The summed E-state index contributed by atoms with van der Waals surface area (Å²) in [6.45, 7) is 3.97. The van der Waals surface area contributed by atoms with Crippen LogP contribution in [0.25, 0.3) is 0 Å². The van der Waals surface area contributed by atoms with E-state index in [2.05, 4.69) is 6.92 Å². The summed E-state index contributed by atoms with van der Waals surface area (Å²) in [6, 6.07) is 9.30. The topological polar surface area (TPSA) is 115 Å². The Morgan fingerprint density at radius 3 is 1.80 bits per heavy atom. The van der Waals surface area contributed by atoms with E-state index in [-0.39, 0.29) is 48.8 Å². The average Bonchev–Trinajstić information content (AvgIpc) is 2.67. The van der Waals surface area contributed by atoms with Gasteiger partial charge >= 0.3 is 11.9 Å². The molecule has 0 aliphatic rings. The Morgan fingerprint density at radius 1 is 0.767 bits per heavy atom. The molecule has 0 radical (unpaired) electrons. The molecule has 0 spiro atoms. The third-order valence-corrected chi connectivity index (χ3v) is 4.49. The molecular formula is C23H30O6Zr. The van der Waals surface area contributed by atoms with Crippen molar-refractivity contribution in [2.75, 3.05) is 0 Å². The number of carboxylic acid groups (broad SMARTS) is 2. The average molecular weight is 494 g/mol. The fourth-order valence-corrected chi connectivity index (χ4v) is 2.84. The fourth-order valence-electron chi connectivity index (χ4n) is 2.84. The van der Waals surface area contributed by atoms with Crippen molar-refractivity contribution in [3.8, 4) is 11.5 Å². The summed E-state index contributed by atoms with van der Waals surface area (Å²) in [5.74, 6) is -2.53. The Balaban J connectivity index is 0.000000603. The van der Waals surface area contributed by atoms with Crippen molar-refractivity contribution in [2.45, 2.75) is 58.8 Å². The van der Waals surface area contributed by atoms with Gasteiger partial charge in [-0.2, -0.15) is 0 Å². The molecule has 0 aliphatic heterocycles. The summed E-state index contributed by atoms with van der Waals surface area (Å²) in [4.78, 5) is 21.3. The first kappa shape index (κ1) is 27.9. The van der Waals surface area contributed by atoms with Crippen molar-refractivity contribution in [3.63, 3.8) is 0 Å². The number of benzene rings is 2. The van der Waals surface area contributed by atoms with Gasteiger partial charge in [0.05, 0.1) is 0 Å². The van der Waals surface area contributed by atoms with Crippen LogP contribution in [0, 0.1) is 6.92 Å². The minimum Gasteiger partial charge on any atom is -0.507 e. The Labute approximate surface area is 196 Å². The van der Waals surface area contributed by atoms with Gasteiger partial charge in [-0.1, -0.05) is 56.7 Å². The van der Waals surface area contributed by atoms with Crippen LogP contribution in [0.1, 0.15) is 77.3 Å². The Kier molecular flexibility index (Phi) is 13.7. The molecule has 7 heteroatoms. The van der Waals surface area contributed by atoms with Crippen LogP contribution in [-0.4, -0.2) is 32.4 Å². The molecule has 0 bridgehead atoms. The number of aryl methyl sites for hydroxylation is 2. The van der Waals surface area contributed by atoms with Gasteiger partial charge in [0.1, 0.15) is 22.6 Å². The van der Waals surface area contributed by atoms with Gasteiger partial charge < -0.3 is 20.4 Å². The van der Waals surface area contributed by atoms with E-state index in [9.17, 15) is 14.7 Å². The van der Waals surface area contributed by atoms with Gasteiger partial charge in [0.15, 0.2) is 0 Å². The van der Waals surface area contributed by atoms with E-state index in [1.807, 2.05) is 0 Å². The maximum absolute atomic E-state index is 10.9. The van der Waals surface area contributed by atoms with Crippen molar-refractivity contribution < 1.29 is 56.2 Å². The first-order valence-electron chi connectivity index (χ1n) is 9.84.